The molecule has 0 atom stereocenters. The number of aromatic hydroxyl groups is 2. The Morgan fingerprint density at radius 3 is 2.18 bits per heavy atom. The molecule has 0 heterocycles. The summed E-state index contributed by atoms with van der Waals surface area (Å²) in [6.07, 6.45) is 5.03. The maximum atomic E-state index is 12.2. The molecule has 0 spiro atoms. The molecular formula is C14H18O3. The minimum Gasteiger partial charge on any atom is -0.507 e. The van der Waals surface area contributed by atoms with Crippen LogP contribution in [0.2, 0.25) is 0 Å². The van der Waals surface area contributed by atoms with E-state index in [-0.39, 0.29) is 28.8 Å². The molecule has 0 radical (unpaired) electrons. The van der Waals surface area contributed by atoms with Crippen LogP contribution in [0.3, 0.4) is 0 Å². The minimum absolute atomic E-state index is 0.0387. The SMILES string of the molecule is Cc1cc(O)c(C(=O)C2CCCCC2)c(O)c1. The van der Waals surface area contributed by atoms with E-state index in [2.05, 4.69) is 0 Å². The van der Waals surface area contributed by atoms with E-state index in [4.69, 9.17) is 0 Å². The van der Waals surface area contributed by atoms with Crippen LogP contribution in [0.1, 0.15) is 48.0 Å². The third-order valence-electron chi connectivity index (χ3n) is 3.46. The predicted molar refractivity (Wildman–Crippen MR) is 65.4 cm³/mol. The molecule has 0 aromatic heterocycles. The Kier molecular flexibility index (Phi) is 3.36. The summed E-state index contributed by atoms with van der Waals surface area (Å²) in [7, 11) is 0. The molecule has 2 rings (SSSR count). The average molecular weight is 234 g/mol. The summed E-state index contributed by atoms with van der Waals surface area (Å²) in [4.78, 5) is 12.2. The largest absolute Gasteiger partial charge is 0.507 e. The molecule has 0 amide bonds. The number of carbonyl (C=O) groups excluding carboxylic acids is 1. The van der Waals surface area contributed by atoms with Crippen LogP contribution in [0, 0.1) is 12.8 Å². The third-order valence-corrected chi connectivity index (χ3v) is 3.46. The van der Waals surface area contributed by atoms with Crippen molar-refractivity contribution < 1.29 is 15.0 Å². The number of phenols is 2. The molecule has 3 nitrogen and oxygen atoms in total. The molecule has 92 valence electrons. The van der Waals surface area contributed by atoms with E-state index in [9.17, 15) is 15.0 Å². The lowest BCUT2D eigenvalue weighted by Gasteiger charge is -2.21. The Balaban J connectivity index is 2.30. The fraction of sp³-hybridized carbons (Fsp3) is 0.500. The molecule has 1 aliphatic carbocycles. The van der Waals surface area contributed by atoms with Crippen molar-refractivity contribution in [1.29, 1.82) is 0 Å². The first-order valence-corrected chi connectivity index (χ1v) is 6.16. The van der Waals surface area contributed by atoms with Crippen molar-refractivity contribution in [2.75, 3.05) is 0 Å². The molecule has 2 N–H and O–H groups in total. The van der Waals surface area contributed by atoms with Crippen LogP contribution in [0.15, 0.2) is 12.1 Å². The van der Waals surface area contributed by atoms with Crippen LogP contribution in [-0.4, -0.2) is 16.0 Å². The van der Waals surface area contributed by atoms with Crippen LogP contribution in [0.5, 0.6) is 11.5 Å². The standard InChI is InChI=1S/C14H18O3/c1-9-7-11(15)13(12(16)8-9)14(17)10-5-3-2-4-6-10/h7-8,10,15-16H,2-6H2,1H3. The summed E-state index contributed by atoms with van der Waals surface area (Å²) in [6, 6.07) is 3.05. The third kappa shape index (κ3) is 2.43. The summed E-state index contributed by atoms with van der Waals surface area (Å²) in [5.41, 5.74) is 0.850. The Morgan fingerprint density at radius 2 is 1.65 bits per heavy atom. The Morgan fingerprint density at radius 1 is 1.12 bits per heavy atom. The second-order valence-corrected chi connectivity index (χ2v) is 4.88. The number of benzene rings is 1. The molecule has 1 aromatic rings. The number of ketones is 1. The van der Waals surface area contributed by atoms with Gasteiger partial charge in [0.05, 0.1) is 0 Å². The van der Waals surface area contributed by atoms with Crippen LogP contribution in [0.4, 0.5) is 0 Å². The molecule has 3 heteroatoms. The minimum atomic E-state index is -0.111. The van der Waals surface area contributed by atoms with Crippen molar-refractivity contribution in [3.63, 3.8) is 0 Å². The molecule has 1 fully saturated rings. The van der Waals surface area contributed by atoms with Crippen molar-refractivity contribution in [2.24, 2.45) is 5.92 Å². The van der Waals surface area contributed by atoms with Gasteiger partial charge in [-0.2, -0.15) is 0 Å². The maximum Gasteiger partial charge on any atom is 0.173 e. The number of hydrogen-bond donors (Lipinski definition) is 2. The van der Waals surface area contributed by atoms with Gasteiger partial charge in [0, 0.05) is 5.92 Å². The monoisotopic (exact) mass is 234 g/mol. The molecule has 0 saturated heterocycles. The van der Waals surface area contributed by atoms with Crippen LogP contribution in [0.25, 0.3) is 0 Å². The van der Waals surface area contributed by atoms with E-state index < -0.39 is 0 Å². The topological polar surface area (TPSA) is 57.5 Å². The van der Waals surface area contributed by atoms with Gasteiger partial charge in [-0.1, -0.05) is 19.3 Å². The number of aryl methyl sites for hydroxylation is 1. The zero-order chi connectivity index (χ0) is 12.4. The van der Waals surface area contributed by atoms with Crippen molar-refractivity contribution in [2.45, 2.75) is 39.0 Å². The van der Waals surface area contributed by atoms with Gasteiger partial charge in [0.1, 0.15) is 17.1 Å². The molecular weight excluding hydrogens is 216 g/mol. The summed E-state index contributed by atoms with van der Waals surface area (Å²) >= 11 is 0. The lowest BCUT2D eigenvalue weighted by atomic mass is 9.83. The van der Waals surface area contributed by atoms with Gasteiger partial charge in [0.25, 0.3) is 0 Å². The lowest BCUT2D eigenvalue weighted by molar-refractivity contribution is 0.0884. The van der Waals surface area contributed by atoms with E-state index in [1.165, 1.54) is 18.6 Å². The zero-order valence-corrected chi connectivity index (χ0v) is 10.1. The summed E-state index contributed by atoms with van der Waals surface area (Å²) in [5, 5.41) is 19.6. The second kappa shape index (κ2) is 4.78. The quantitative estimate of drug-likeness (QED) is 0.773. The Hall–Kier alpha value is -1.51. The number of hydrogen-bond acceptors (Lipinski definition) is 3. The first-order chi connectivity index (χ1) is 8.09. The van der Waals surface area contributed by atoms with E-state index >= 15 is 0 Å². The highest BCUT2D eigenvalue weighted by atomic mass is 16.3. The average Bonchev–Trinajstić information content (AvgIpc) is 2.28. The Labute approximate surface area is 101 Å². The zero-order valence-electron chi connectivity index (χ0n) is 10.1. The number of Topliss-reactive ketones (excluding diaryl/α,β-unsaturated/α-hetero) is 1. The highest BCUT2D eigenvalue weighted by Crippen LogP contribution is 2.34. The molecule has 0 bridgehead atoms. The first-order valence-electron chi connectivity index (χ1n) is 6.16. The van der Waals surface area contributed by atoms with E-state index in [0.717, 1.165) is 31.2 Å². The normalized spacial score (nSPS) is 17.0. The maximum absolute atomic E-state index is 12.2. The van der Waals surface area contributed by atoms with Gasteiger partial charge in [-0.3, -0.25) is 4.79 Å². The van der Waals surface area contributed by atoms with E-state index in [1.54, 1.807) is 6.92 Å². The molecule has 1 aromatic carbocycles. The molecule has 0 unspecified atom stereocenters. The second-order valence-electron chi connectivity index (χ2n) is 4.88. The van der Waals surface area contributed by atoms with Gasteiger partial charge in [0.15, 0.2) is 5.78 Å². The summed E-state index contributed by atoms with van der Waals surface area (Å²) in [5.74, 6) is -0.348. The van der Waals surface area contributed by atoms with Crippen molar-refractivity contribution in [3.05, 3.63) is 23.3 Å². The molecule has 1 aliphatic rings. The van der Waals surface area contributed by atoms with E-state index in [0.29, 0.717) is 0 Å². The number of rotatable bonds is 2. The highest BCUT2D eigenvalue weighted by molar-refractivity contribution is 6.02. The first kappa shape index (κ1) is 12.0. The van der Waals surface area contributed by atoms with Gasteiger partial charge in [0.2, 0.25) is 0 Å². The molecule has 1 saturated carbocycles. The van der Waals surface area contributed by atoms with Crippen molar-refractivity contribution in [1.82, 2.24) is 0 Å². The predicted octanol–water partition coefficient (Wildman–Crippen LogP) is 3.17. The van der Waals surface area contributed by atoms with E-state index in [1.807, 2.05) is 0 Å². The Bertz CT molecular complexity index is 408. The lowest BCUT2D eigenvalue weighted by Crippen LogP contribution is -2.18. The van der Waals surface area contributed by atoms with Gasteiger partial charge in [-0.25, -0.2) is 0 Å². The smallest absolute Gasteiger partial charge is 0.173 e. The highest BCUT2D eigenvalue weighted by Gasteiger charge is 2.26. The summed E-state index contributed by atoms with van der Waals surface area (Å²) < 4.78 is 0. The summed E-state index contributed by atoms with van der Waals surface area (Å²) in [6.45, 7) is 1.77. The van der Waals surface area contributed by atoms with Gasteiger partial charge >= 0.3 is 0 Å². The number of carbonyl (C=O) groups is 1. The fourth-order valence-corrected chi connectivity index (χ4v) is 2.57. The van der Waals surface area contributed by atoms with Crippen molar-refractivity contribution >= 4 is 5.78 Å². The molecule has 0 aliphatic heterocycles. The molecule has 17 heavy (non-hydrogen) atoms. The van der Waals surface area contributed by atoms with Crippen LogP contribution >= 0.6 is 0 Å². The number of phenolic OH excluding ortho intramolecular Hbond substituents is 2. The van der Waals surface area contributed by atoms with Gasteiger partial charge < -0.3 is 10.2 Å². The fourth-order valence-electron chi connectivity index (χ4n) is 2.57. The van der Waals surface area contributed by atoms with Gasteiger partial charge in [-0.05, 0) is 37.5 Å². The van der Waals surface area contributed by atoms with Crippen LogP contribution < -0.4 is 0 Å². The van der Waals surface area contributed by atoms with Crippen molar-refractivity contribution in [3.8, 4) is 11.5 Å². The van der Waals surface area contributed by atoms with Crippen LogP contribution in [-0.2, 0) is 0 Å². The van der Waals surface area contributed by atoms with Gasteiger partial charge in [-0.15, -0.1) is 0 Å².